The van der Waals surface area contributed by atoms with E-state index in [2.05, 4.69) is 21.4 Å². The molecule has 3 aromatic rings. The molecule has 128 valence electrons. The largest absolute Gasteiger partial charge is 0.481 e. The van der Waals surface area contributed by atoms with Crippen LogP contribution in [0.5, 0.6) is 5.88 Å². The van der Waals surface area contributed by atoms with E-state index >= 15 is 0 Å². The third-order valence-corrected chi connectivity index (χ3v) is 4.35. The highest BCUT2D eigenvalue weighted by Gasteiger charge is 2.15. The summed E-state index contributed by atoms with van der Waals surface area (Å²) in [5.41, 5.74) is 2.27. The summed E-state index contributed by atoms with van der Waals surface area (Å²) in [5, 5.41) is 5.18. The van der Waals surface area contributed by atoms with Crippen LogP contribution in [0.25, 0.3) is 16.9 Å². The van der Waals surface area contributed by atoms with Gasteiger partial charge in [-0.05, 0) is 6.07 Å². The van der Waals surface area contributed by atoms with E-state index in [1.807, 2.05) is 30.3 Å². The van der Waals surface area contributed by atoms with E-state index in [9.17, 15) is 8.42 Å². The van der Waals surface area contributed by atoms with E-state index in [4.69, 9.17) is 4.74 Å². The van der Waals surface area contributed by atoms with Gasteiger partial charge in [-0.1, -0.05) is 36.9 Å². The van der Waals surface area contributed by atoms with Gasteiger partial charge in [0.05, 0.1) is 24.7 Å². The van der Waals surface area contributed by atoms with Crippen LogP contribution in [0.3, 0.4) is 0 Å². The number of pyridine rings is 1. The van der Waals surface area contributed by atoms with Crippen LogP contribution in [-0.4, -0.2) is 30.3 Å². The van der Waals surface area contributed by atoms with Crippen LogP contribution in [0, 0.1) is 0 Å². The lowest BCUT2D eigenvalue weighted by molar-refractivity contribution is 0.397. The van der Waals surface area contributed by atoms with E-state index in [1.165, 1.54) is 7.11 Å². The van der Waals surface area contributed by atoms with Crippen molar-refractivity contribution in [2.45, 2.75) is 0 Å². The average Bonchev–Trinajstić information content (AvgIpc) is 3.05. The van der Waals surface area contributed by atoms with E-state index < -0.39 is 10.0 Å². The highest BCUT2D eigenvalue weighted by atomic mass is 32.2. The van der Waals surface area contributed by atoms with Gasteiger partial charge < -0.3 is 4.74 Å². The maximum atomic E-state index is 11.7. The second-order valence-corrected chi connectivity index (χ2v) is 6.69. The number of hydrogen-bond donors (Lipinski definition) is 1. The minimum absolute atomic E-state index is 0.189. The lowest BCUT2D eigenvalue weighted by Gasteiger charge is -2.07. The Morgan fingerprint density at radius 1 is 1.20 bits per heavy atom. The molecule has 0 aliphatic rings. The van der Waals surface area contributed by atoms with E-state index in [0.29, 0.717) is 17.3 Å². The zero-order valence-electron chi connectivity index (χ0n) is 13.5. The summed E-state index contributed by atoms with van der Waals surface area (Å²) < 4.78 is 32.5. The molecule has 1 N–H and O–H groups in total. The fourth-order valence-electron chi connectivity index (χ4n) is 2.25. The van der Waals surface area contributed by atoms with Gasteiger partial charge in [-0.2, -0.15) is 0 Å². The van der Waals surface area contributed by atoms with Crippen molar-refractivity contribution in [2.24, 2.45) is 0 Å². The van der Waals surface area contributed by atoms with Crippen LogP contribution in [-0.2, 0) is 10.0 Å². The number of benzene rings is 1. The summed E-state index contributed by atoms with van der Waals surface area (Å²) in [5.74, 6) is 0.666. The van der Waals surface area contributed by atoms with Gasteiger partial charge in [0.2, 0.25) is 5.88 Å². The number of aromatic nitrogens is 3. The lowest BCUT2D eigenvalue weighted by Crippen LogP contribution is -2.09. The molecule has 1 aromatic carbocycles. The predicted octanol–water partition coefficient (Wildman–Crippen LogP) is 2.83. The number of nitrogens with one attached hydrogen (secondary N) is 1. The number of hydrogen-bond acceptors (Lipinski definition) is 5. The Balaban J connectivity index is 2.11. The SMILES string of the molecule is C=CS(=O)(=O)Nc1cc(-c2ccccc2)n(-c2ccc(OC)nc2)n1. The van der Waals surface area contributed by atoms with E-state index in [1.54, 1.807) is 29.1 Å². The fourth-order valence-corrected chi connectivity index (χ4v) is 2.72. The minimum atomic E-state index is -3.65. The molecule has 0 amide bonds. The molecule has 8 heteroatoms. The first-order valence-electron chi connectivity index (χ1n) is 7.33. The zero-order chi connectivity index (χ0) is 17.9. The molecule has 0 bridgehead atoms. The summed E-state index contributed by atoms with van der Waals surface area (Å²) in [7, 11) is -2.11. The quantitative estimate of drug-likeness (QED) is 0.734. The molecule has 2 aromatic heterocycles. The molecule has 0 aliphatic heterocycles. The van der Waals surface area contributed by atoms with Gasteiger partial charge in [0, 0.05) is 23.1 Å². The first-order valence-corrected chi connectivity index (χ1v) is 8.88. The van der Waals surface area contributed by atoms with Crippen molar-refractivity contribution in [3.05, 3.63) is 66.7 Å². The number of rotatable bonds is 6. The van der Waals surface area contributed by atoms with Crippen molar-refractivity contribution in [3.8, 4) is 22.8 Å². The summed E-state index contributed by atoms with van der Waals surface area (Å²) in [6, 6.07) is 14.7. The second-order valence-electron chi connectivity index (χ2n) is 5.07. The summed E-state index contributed by atoms with van der Waals surface area (Å²) in [6.45, 7) is 3.28. The van der Waals surface area contributed by atoms with Gasteiger partial charge in [0.1, 0.15) is 0 Å². The molecule has 25 heavy (non-hydrogen) atoms. The molecular formula is C17H16N4O3S. The van der Waals surface area contributed by atoms with Crippen LogP contribution < -0.4 is 9.46 Å². The fraction of sp³-hybridized carbons (Fsp3) is 0.0588. The Kier molecular flexibility index (Phi) is 4.53. The third kappa shape index (κ3) is 3.69. The molecule has 2 heterocycles. The maximum Gasteiger partial charge on any atom is 0.255 e. The van der Waals surface area contributed by atoms with Crippen molar-refractivity contribution in [1.29, 1.82) is 0 Å². The Morgan fingerprint density at radius 2 is 1.96 bits per heavy atom. The van der Waals surface area contributed by atoms with Crippen molar-refractivity contribution in [2.75, 3.05) is 11.8 Å². The molecule has 0 saturated heterocycles. The molecule has 0 radical (unpaired) electrons. The Labute approximate surface area is 145 Å². The van der Waals surface area contributed by atoms with Gasteiger partial charge in [-0.15, -0.1) is 5.10 Å². The lowest BCUT2D eigenvalue weighted by atomic mass is 10.1. The molecule has 3 rings (SSSR count). The highest BCUT2D eigenvalue weighted by Crippen LogP contribution is 2.26. The molecule has 0 saturated carbocycles. The molecule has 0 aliphatic carbocycles. The second kappa shape index (κ2) is 6.78. The number of methoxy groups -OCH3 is 1. The van der Waals surface area contributed by atoms with Crippen molar-refractivity contribution in [1.82, 2.24) is 14.8 Å². The number of sulfonamides is 1. The highest BCUT2D eigenvalue weighted by molar-refractivity contribution is 7.95. The standard InChI is InChI=1S/C17H16N4O3S/c1-3-25(22,23)20-16-11-15(13-7-5-4-6-8-13)21(19-16)14-9-10-17(24-2)18-12-14/h3-12H,1H2,2H3,(H,19,20). The van der Waals surface area contributed by atoms with Crippen LogP contribution in [0.2, 0.25) is 0 Å². The van der Waals surface area contributed by atoms with Crippen molar-refractivity contribution < 1.29 is 13.2 Å². The average molecular weight is 356 g/mol. The van der Waals surface area contributed by atoms with E-state index in [-0.39, 0.29) is 5.82 Å². The molecule has 0 spiro atoms. The van der Waals surface area contributed by atoms with Gasteiger partial charge >= 0.3 is 0 Å². The number of ether oxygens (including phenoxy) is 1. The molecule has 0 fully saturated rings. The van der Waals surface area contributed by atoms with E-state index in [0.717, 1.165) is 11.0 Å². The topological polar surface area (TPSA) is 86.1 Å². The molecule has 0 unspecified atom stereocenters. The maximum absolute atomic E-state index is 11.7. The molecule has 7 nitrogen and oxygen atoms in total. The first-order chi connectivity index (χ1) is 12.0. The summed E-state index contributed by atoms with van der Waals surface area (Å²) in [4.78, 5) is 4.17. The monoisotopic (exact) mass is 356 g/mol. The summed E-state index contributed by atoms with van der Waals surface area (Å²) >= 11 is 0. The molecule has 0 atom stereocenters. The number of nitrogens with zero attached hydrogens (tertiary/aromatic N) is 3. The van der Waals surface area contributed by atoms with Crippen LogP contribution >= 0.6 is 0 Å². The predicted molar refractivity (Wildman–Crippen MR) is 96.1 cm³/mol. The van der Waals surface area contributed by atoms with Gasteiger partial charge in [0.15, 0.2) is 5.82 Å². The van der Waals surface area contributed by atoms with Crippen LogP contribution in [0.15, 0.2) is 66.7 Å². The third-order valence-electron chi connectivity index (χ3n) is 3.42. The van der Waals surface area contributed by atoms with Gasteiger partial charge in [-0.3, -0.25) is 4.72 Å². The van der Waals surface area contributed by atoms with Gasteiger partial charge in [-0.25, -0.2) is 18.1 Å². The van der Waals surface area contributed by atoms with Crippen molar-refractivity contribution in [3.63, 3.8) is 0 Å². The van der Waals surface area contributed by atoms with Crippen molar-refractivity contribution >= 4 is 15.8 Å². The van der Waals surface area contributed by atoms with Crippen LogP contribution in [0.1, 0.15) is 0 Å². The zero-order valence-corrected chi connectivity index (χ0v) is 14.3. The Morgan fingerprint density at radius 3 is 2.56 bits per heavy atom. The minimum Gasteiger partial charge on any atom is -0.481 e. The normalized spacial score (nSPS) is 11.1. The Bertz CT molecular complexity index is 980. The smallest absolute Gasteiger partial charge is 0.255 e. The first kappa shape index (κ1) is 16.7. The summed E-state index contributed by atoms with van der Waals surface area (Å²) in [6.07, 6.45) is 1.60. The van der Waals surface area contributed by atoms with Crippen LogP contribution in [0.4, 0.5) is 5.82 Å². The number of anilines is 1. The molecular weight excluding hydrogens is 340 g/mol. The van der Waals surface area contributed by atoms with Gasteiger partial charge in [0.25, 0.3) is 10.0 Å². The Hall–Kier alpha value is -3.13.